The maximum atomic E-state index is 4.81. The van der Waals surface area contributed by atoms with Gasteiger partial charge in [0, 0.05) is 18.5 Å². The molecule has 0 radical (unpaired) electrons. The van der Waals surface area contributed by atoms with Gasteiger partial charge in [-0.3, -0.25) is 0 Å². The van der Waals surface area contributed by atoms with Crippen molar-refractivity contribution in [3.8, 4) is 0 Å². The van der Waals surface area contributed by atoms with Gasteiger partial charge in [0.1, 0.15) is 5.82 Å². The summed E-state index contributed by atoms with van der Waals surface area (Å²) in [4.78, 5) is 2.39. The Morgan fingerprint density at radius 3 is 2.33 bits per heavy atom. The van der Waals surface area contributed by atoms with Crippen molar-refractivity contribution < 1.29 is 0 Å². The first-order valence-electron chi connectivity index (χ1n) is 7.82. The zero-order valence-corrected chi connectivity index (χ0v) is 13.7. The van der Waals surface area contributed by atoms with Crippen molar-refractivity contribution in [1.82, 2.24) is 19.8 Å². The standard InChI is InChI=1S/C16H25N5/c1-11-8-12(2)10-20(9-11)14-7-6-13-17-18-15(16(3,4)5)21(13)19-14/h6-7,11-12H,8-10H2,1-5H3. The predicted octanol–water partition coefficient (Wildman–Crippen LogP) is 2.90. The second-order valence-electron chi connectivity index (χ2n) is 7.59. The third-order valence-corrected chi connectivity index (χ3v) is 4.11. The van der Waals surface area contributed by atoms with Crippen LogP contribution in [0.3, 0.4) is 0 Å². The third kappa shape index (κ3) is 2.74. The molecule has 1 fully saturated rings. The monoisotopic (exact) mass is 287 g/mol. The highest BCUT2D eigenvalue weighted by molar-refractivity contribution is 5.46. The average Bonchev–Trinajstić information content (AvgIpc) is 2.79. The Balaban J connectivity index is 2.00. The Morgan fingerprint density at radius 1 is 1.05 bits per heavy atom. The number of anilines is 1. The zero-order valence-electron chi connectivity index (χ0n) is 13.7. The molecule has 3 heterocycles. The van der Waals surface area contributed by atoms with Gasteiger partial charge in [0.2, 0.25) is 0 Å². The molecule has 1 saturated heterocycles. The van der Waals surface area contributed by atoms with E-state index in [1.165, 1.54) is 6.42 Å². The fourth-order valence-corrected chi connectivity index (χ4v) is 3.27. The molecular formula is C16H25N5. The van der Waals surface area contributed by atoms with E-state index in [9.17, 15) is 0 Å². The summed E-state index contributed by atoms with van der Waals surface area (Å²) in [5.74, 6) is 3.38. The lowest BCUT2D eigenvalue weighted by molar-refractivity contribution is 0.354. The Bertz CT molecular complexity index is 630. The SMILES string of the molecule is CC1CC(C)CN(c2ccc3nnc(C(C)(C)C)n3n2)C1. The molecule has 0 saturated carbocycles. The maximum absolute atomic E-state index is 4.81. The molecule has 0 N–H and O–H groups in total. The highest BCUT2D eigenvalue weighted by Crippen LogP contribution is 2.26. The van der Waals surface area contributed by atoms with E-state index < -0.39 is 0 Å². The van der Waals surface area contributed by atoms with Crippen LogP contribution in [0.15, 0.2) is 12.1 Å². The van der Waals surface area contributed by atoms with Gasteiger partial charge in [-0.05, 0) is 30.4 Å². The van der Waals surface area contributed by atoms with Gasteiger partial charge in [0.15, 0.2) is 11.5 Å². The van der Waals surface area contributed by atoms with E-state index in [4.69, 9.17) is 5.10 Å². The minimum atomic E-state index is -0.0620. The van der Waals surface area contributed by atoms with Gasteiger partial charge in [-0.1, -0.05) is 34.6 Å². The van der Waals surface area contributed by atoms with E-state index in [2.05, 4.69) is 55.8 Å². The van der Waals surface area contributed by atoms with Crippen LogP contribution in [-0.4, -0.2) is 32.9 Å². The van der Waals surface area contributed by atoms with Gasteiger partial charge >= 0.3 is 0 Å². The van der Waals surface area contributed by atoms with Crippen LogP contribution in [0.5, 0.6) is 0 Å². The zero-order chi connectivity index (χ0) is 15.2. The lowest BCUT2D eigenvalue weighted by atomic mass is 9.92. The molecule has 1 aliphatic heterocycles. The summed E-state index contributed by atoms with van der Waals surface area (Å²) < 4.78 is 1.90. The second kappa shape index (κ2) is 4.97. The number of rotatable bonds is 1. The number of aromatic nitrogens is 4. The van der Waals surface area contributed by atoms with Crippen molar-refractivity contribution in [2.75, 3.05) is 18.0 Å². The lowest BCUT2D eigenvalue weighted by Crippen LogP contribution is -2.39. The molecule has 5 nitrogen and oxygen atoms in total. The molecule has 114 valence electrons. The molecule has 0 amide bonds. The topological polar surface area (TPSA) is 46.3 Å². The smallest absolute Gasteiger partial charge is 0.178 e. The summed E-state index contributed by atoms with van der Waals surface area (Å²) in [6, 6.07) is 4.09. The van der Waals surface area contributed by atoms with Crippen molar-refractivity contribution >= 4 is 11.5 Å². The first-order chi connectivity index (χ1) is 9.84. The fraction of sp³-hybridized carbons (Fsp3) is 0.688. The van der Waals surface area contributed by atoms with Gasteiger partial charge in [0.25, 0.3) is 0 Å². The van der Waals surface area contributed by atoms with Crippen molar-refractivity contribution in [3.63, 3.8) is 0 Å². The maximum Gasteiger partial charge on any atom is 0.178 e. The van der Waals surface area contributed by atoms with Crippen LogP contribution in [0, 0.1) is 11.8 Å². The van der Waals surface area contributed by atoms with E-state index in [0.29, 0.717) is 11.8 Å². The van der Waals surface area contributed by atoms with E-state index in [1.54, 1.807) is 0 Å². The largest absolute Gasteiger partial charge is 0.355 e. The number of hydrogen-bond donors (Lipinski definition) is 0. The minimum absolute atomic E-state index is 0.0620. The van der Waals surface area contributed by atoms with Crippen LogP contribution in [0.2, 0.25) is 0 Å². The Morgan fingerprint density at radius 2 is 1.71 bits per heavy atom. The van der Waals surface area contributed by atoms with Crippen molar-refractivity contribution in [2.45, 2.75) is 46.5 Å². The molecule has 3 rings (SSSR count). The minimum Gasteiger partial charge on any atom is -0.355 e. The molecule has 21 heavy (non-hydrogen) atoms. The van der Waals surface area contributed by atoms with Crippen LogP contribution in [0.4, 0.5) is 5.82 Å². The Labute approximate surface area is 126 Å². The second-order valence-corrected chi connectivity index (χ2v) is 7.59. The van der Waals surface area contributed by atoms with Gasteiger partial charge < -0.3 is 4.90 Å². The van der Waals surface area contributed by atoms with Gasteiger partial charge in [-0.15, -0.1) is 15.3 Å². The molecule has 5 heteroatoms. The van der Waals surface area contributed by atoms with Gasteiger partial charge in [0.05, 0.1) is 0 Å². The molecule has 1 aliphatic rings. The van der Waals surface area contributed by atoms with E-state index in [0.717, 1.165) is 30.4 Å². The van der Waals surface area contributed by atoms with Gasteiger partial charge in [-0.25, -0.2) is 0 Å². The molecule has 2 atom stereocenters. The quantitative estimate of drug-likeness (QED) is 0.809. The number of nitrogens with zero attached hydrogens (tertiary/aromatic N) is 5. The van der Waals surface area contributed by atoms with Crippen molar-refractivity contribution in [2.24, 2.45) is 11.8 Å². The van der Waals surface area contributed by atoms with Crippen LogP contribution < -0.4 is 4.90 Å². The summed E-state index contributed by atoms with van der Waals surface area (Å²) in [5, 5.41) is 13.4. The summed E-state index contributed by atoms with van der Waals surface area (Å²) in [6.07, 6.45) is 1.30. The van der Waals surface area contributed by atoms with Crippen LogP contribution >= 0.6 is 0 Å². The number of piperidine rings is 1. The Kier molecular flexibility index (Phi) is 3.38. The predicted molar refractivity (Wildman–Crippen MR) is 84.6 cm³/mol. The van der Waals surface area contributed by atoms with Crippen molar-refractivity contribution in [1.29, 1.82) is 0 Å². The normalized spacial score (nSPS) is 23.8. The molecular weight excluding hydrogens is 262 g/mol. The average molecular weight is 287 g/mol. The first kappa shape index (κ1) is 14.3. The van der Waals surface area contributed by atoms with E-state index in [1.807, 2.05) is 10.6 Å². The third-order valence-electron chi connectivity index (χ3n) is 4.11. The molecule has 0 aliphatic carbocycles. The lowest BCUT2D eigenvalue weighted by Gasteiger charge is -2.35. The van der Waals surface area contributed by atoms with Crippen LogP contribution in [0.1, 0.15) is 46.9 Å². The van der Waals surface area contributed by atoms with E-state index in [-0.39, 0.29) is 5.41 Å². The fourth-order valence-electron chi connectivity index (χ4n) is 3.27. The summed E-state index contributed by atoms with van der Waals surface area (Å²) in [6.45, 7) is 13.2. The highest BCUT2D eigenvalue weighted by Gasteiger charge is 2.25. The van der Waals surface area contributed by atoms with Gasteiger partial charge in [-0.2, -0.15) is 4.52 Å². The highest BCUT2D eigenvalue weighted by atomic mass is 15.4. The summed E-state index contributed by atoms with van der Waals surface area (Å²) in [7, 11) is 0. The number of fused-ring (bicyclic) bond motifs is 1. The summed E-state index contributed by atoms with van der Waals surface area (Å²) in [5.41, 5.74) is 0.759. The molecule has 2 aromatic rings. The molecule has 2 aromatic heterocycles. The Hall–Kier alpha value is -1.65. The molecule has 2 unspecified atom stereocenters. The molecule has 0 spiro atoms. The van der Waals surface area contributed by atoms with Crippen LogP contribution in [0.25, 0.3) is 5.65 Å². The van der Waals surface area contributed by atoms with E-state index >= 15 is 0 Å². The van der Waals surface area contributed by atoms with Crippen molar-refractivity contribution in [3.05, 3.63) is 18.0 Å². The molecule has 0 aromatic carbocycles. The molecule has 0 bridgehead atoms. The van der Waals surface area contributed by atoms with Crippen LogP contribution in [-0.2, 0) is 5.41 Å². The first-order valence-corrected chi connectivity index (χ1v) is 7.82. The number of hydrogen-bond acceptors (Lipinski definition) is 4. The summed E-state index contributed by atoms with van der Waals surface area (Å²) >= 11 is 0.